The van der Waals surface area contributed by atoms with Crippen molar-refractivity contribution in [2.24, 2.45) is 22.7 Å². The van der Waals surface area contributed by atoms with Gasteiger partial charge in [-0.3, -0.25) is 9.59 Å². The summed E-state index contributed by atoms with van der Waals surface area (Å²) >= 11 is 0. The second-order valence-corrected chi connectivity index (χ2v) is 13.6. The maximum absolute atomic E-state index is 14.1. The maximum atomic E-state index is 14.1. The van der Waals surface area contributed by atoms with Crippen LogP contribution in [0.1, 0.15) is 72.4 Å². The number of carbonyl (C=O) groups is 3. The number of hydrogen-bond acceptors (Lipinski definition) is 9. The Balaban J connectivity index is 0.00000264. The van der Waals surface area contributed by atoms with Gasteiger partial charge in [0, 0.05) is 118 Å². The van der Waals surface area contributed by atoms with Crippen molar-refractivity contribution in [1.82, 2.24) is 5.32 Å². The van der Waals surface area contributed by atoms with E-state index in [-0.39, 0.29) is 107 Å². The van der Waals surface area contributed by atoms with Crippen LogP contribution in [0.5, 0.6) is 0 Å². The van der Waals surface area contributed by atoms with Crippen LogP contribution in [0.2, 0.25) is 0 Å². The third kappa shape index (κ3) is 5.92. The fourth-order valence-electron chi connectivity index (χ4n) is 8.72. The molecule has 8 unspecified atom stereocenters. The molecule has 2 radical (unpaired) electrons. The quantitative estimate of drug-likeness (QED) is 0.219. The Bertz CT molecular complexity index is 1320. The van der Waals surface area contributed by atoms with Gasteiger partial charge in [0.05, 0.1) is 24.4 Å². The van der Waals surface area contributed by atoms with Crippen LogP contribution >= 0.6 is 0 Å². The van der Waals surface area contributed by atoms with Gasteiger partial charge in [-0.15, -0.1) is 0 Å². The van der Waals surface area contributed by atoms with Crippen molar-refractivity contribution < 1.29 is 132 Å². The average Bonchev–Trinajstić information content (AvgIpc) is 2.92. The summed E-state index contributed by atoms with van der Waals surface area (Å²) in [5.74, 6) is -3.32. The van der Waals surface area contributed by atoms with Crippen LogP contribution in [0.3, 0.4) is 0 Å². The summed E-state index contributed by atoms with van der Waals surface area (Å²) in [5, 5.41) is 49.8. The first-order valence-corrected chi connectivity index (χ1v) is 14.7. The number of benzene rings is 1. The number of ketones is 1. The van der Waals surface area contributed by atoms with Gasteiger partial charge in [0.25, 0.3) is 0 Å². The molecule has 3 aliphatic carbocycles. The number of aliphatic hydroxyl groups excluding tert-OH is 2. The molecule has 44 heavy (non-hydrogen) atoms. The molecule has 3 fully saturated rings. The van der Waals surface area contributed by atoms with Crippen LogP contribution in [0.25, 0.3) is 0 Å². The van der Waals surface area contributed by atoms with Crippen LogP contribution < -0.4 is 5.32 Å². The molecule has 236 valence electrons. The van der Waals surface area contributed by atoms with Gasteiger partial charge in [0.15, 0.2) is 11.9 Å². The van der Waals surface area contributed by atoms with Crippen molar-refractivity contribution in [3.8, 4) is 0 Å². The predicted molar refractivity (Wildman–Crippen MR) is 151 cm³/mol. The second-order valence-electron chi connectivity index (χ2n) is 13.6. The number of fused-ring (bicyclic) bond motifs is 5. The second kappa shape index (κ2) is 13.6. The maximum Gasteiger partial charge on any atom is 0.338 e. The Morgan fingerprint density at radius 2 is 1.73 bits per heavy atom. The first-order chi connectivity index (χ1) is 19.5. The third-order valence-corrected chi connectivity index (χ3v) is 11.1. The zero-order valence-corrected chi connectivity index (χ0v) is 35.7. The van der Waals surface area contributed by atoms with Gasteiger partial charge in [0.2, 0.25) is 5.91 Å². The van der Waals surface area contributed by atoms with Crippen molar-refractivity contribution >= 4 is 17.7 Å². The van der Waals surface area contributed by atoms with Crippen LogP contribution in [0.4, 0.5) is 0 Å². The standard InChI is InChI=1S/C32H43NO9.2Ac/c1-16-20(42-28(38)25(36)23(33-18(3)34)19-10-8-7-9-11-19)14-32(40)17(2)26-30(6,13-12-21-31(26,39)15-41-21)27(37)24(35)22(16)29(32,4)5;;/h7-11,17,20-21,23-26,35-36,39-40H,12-15H2,1-6H3,(H,33,34);;/t17-,20?,21?,23?,24?,25?,26?,30+,31?,32?;;/m0../s1. The Kier molecular flexibility index (Phi) is 12.0. The molecule has 1 aromatic carbocycles. The van der Waals surface area contributed by atoms with Crippen molar-refractivity contribution in [3.63, 3.8) is 0 Å². The van der Waals surface area contributed by atoms with Crippen molar-refractivity contribution in [3.05, 3.63) is 47.0 Å². The smallest absolute Gasteiger partial charge is 0.338 e. The van der Waals surface area contributed by atoms with Gasteiger partial charge in [-0.25, -0.2) is 4.79 Å². The molecule has 1 saturated heterocycles. The molecule has 0 spiro atoms. The van der Waals surface area contributed by atoms with Gasteiger partial charge in [-0.05, 0) is 42.4 Å². The first kappa shape index (κ1) is 38.7. The Morgan fingerprint density at radius 1 is 1.11 bits per heavy atom. The van der Waals surface area contributed by atoms with Crippen molar-refractivity contribution in [2.45, 2.75) is 102 Å². The van der Waals surface area contributed by atoms with Gasteiger partial charge in [0.1, 0.15) is 17.8 Å². The van der Waals surface area contributed by atoms with Crippen LogP contribution in [0, 0.1) is 111 Å². The van der Waals surface area contributed by atoms with Crippen LogP contribution in [-0.4, -0.2) is 80.3 Å². The van der Waals surface area contributed by atoms with Crippen molar-refractivity contribution in [1.29, 1.82) is 0 Å². The fourth-order valence-corrected chi connectivity index (χ4v) is 8.72. The molecule has 1 amide bonds. The van der Waals surface area contributed by atoms with Gasteiger partial charge >= 0.3 is 5.97 Å². The summed E-state index contributed by atoms with van der Waals surface area (Å²) < 4.78 is 11.5. The summed E-state index contributed by atoms with van der Waals surface area (Å²) in [5.41, 5.74) is -4.04. The minimum absolute atomic E-state index is 0. The molecular weight excluding hydrogens is 996 g/mol. The molecule has 5 N–H and O–H groups in total. The zero-order valence-electron chi connectivity index (χ0n) is 26.2. The van der Waals surface area contributed by atoms with E-state index in [2.05, 4.69) is 5.32 Å². The molecule has 12 heteroatoms. The molecule has 4 aliphatic rings. The van der Waals surface area contributed by atoms with Gasteiger partial charge in [-0.2, -0.15) is 0 Å². The molecule has 1 aromatic rings. The van der Waals surface area contributed by atoms with Gasteiger partial charge < -0.3 is 35.2 Å². The van der Waals surface area contributed by atoms with Crippen molar-refractivity contribution in [2.75, 3.05) is 6.61 Å². The number of ether oxygens (including phenoxy) is 2. The summed E-state index contributed by atoms with van der Waals surface area (Å²) in [6.45, 7) is 10.1. The molecule has 1 heterocycles. The van der Waals surface area contributed by atoms with E-state index in [0.29, 0.717) is 24.0 Å². The first-order valence-electron chi connectivity index (χ1n) is 14.7. The van der Waals surface area contributed by atoms with E-state index < -0.39 is 82.0 Å². The third-order valence-electron chi connectivity index (χ3n) is 11.1. The molecule has 0 aromatic heterocycles. The number of carbonyl (C=O) groups excluding carboxylic acids is 3. The Morgan fingerprint density at radius 3 is 2.27 bits per heavy atom. The molecule has 2 saturated carbocycles. The minimum Gasteiger partial charge on any atom is -0.456 e. The topological polar surface area (TPSA) is 163 Å². The normalized spacial score (nSPS) is 38.5. The monoisotopic (exact) mass is 1040 g/mol. The van der Waals surface area contributed by atoms with E-state index in [1.54, 1.807) is 58.0 Å². The summed E-state index contributed by atoms with van der Waals surface area (Å²) in [6, 6.07) is 7.45. The number of hydrogen-bond donors (Lipinski definition) is 5. The number of aliphatic hydroxyl groups is 4. The molecule has 2 bridgehead atoms. The van der Waals surface area contributed by atoms with E-state index in [4.69, 9.17) is 9.47 Å². The zero-order chi connectivity index (χ0) is 31.0. The average molecular weight is 1040 g/mol. The largest absolute Gasteiger partial charge is 0.456 e. The summed E-state index contributed by atoms with van der Waals surface area (Å²) in [4.78, 5) is 39.5. The molecular formula is C32H43Ac2NO9. The van der Waals surface area contributed by atoms with Crippen LogP contribution in [-0.2, 0) is 23.9 Å². The molecule has 5 rings (SSSR count). The SMILES string of the molecule is CC(=O)NC(c1ccccc1)C(O)C(=O)OC1CC2(O)[C@@H](C)C3C4(O)COC4CC[C@@]3(C)C(=O)C(O)C(=C1C)C2(C)C.[Ac].[Ac]. The minimum atomic E-state index is -1.78. The number of rotatable bonds is 5. The number of nitrogens with one attached hydrogen (secondary N) is 1. The Hall–Kier alpha value is 0.253. The van der Waals surface area contributed by atoms with Crippen LogP contribution in [0.15, 0.2) is 41.5 Å². The molecule has 1 aliphatic heterocycles. The van der Waals surface area contributed by atoms with E-state index >= 15 is 0 Å². The van der Waals surface area contributed by atoms with E-state index in [0.717, 1.165) is 0 Å². The Labute approximate surface area is 330 Å². The predicted octanol–water partition coefficient (Wildman–Crippen LogP) is 1.74. The molecule has 10 nitrogen and oxygen atoms in total. The summed E-state index contributed by atoms with van der Waals surface area (Å²) in [6.07, 6.45) is -4.17. The molecule has 10 atom stereocenters. The number of Topliss-reactive ketones (excluding diaryl/α,β-unsaturated/α-hetero) is 1. The summed E-state index contributed by atoms with van der Waals surface area (Å²) in [7, 11) is 0. The van der Waals surface area contributed by atoms with Gasteiger partial charge in [-0.1, -0.05) is 58.0 Å². The fraction of sp³-hybridized carbons (Fsp3) is 0.656. The number of amides is 1. The van der Waals surface area contributed by atoms with E-state index in [1.807, 2.05) is 6.92 Å². The van der Waals surface area contributed by atoms with E-state index in [9.17, 15) is 34.8 Å². The number of esters is 1. The van der Waals surface area contributed by atoms with E-state index in [1.165, 1.54) is 6.92 Å².